The van der Waals surface area contributed by atoms with E-state index in [-0.39, 0.29) is 24.8 Å². The third-order valence-electron chi connectivity index (χ3n) is 3.93. The van der Waals surface area contributed by atoms with Gasteiger partial charge in [0.1, 0.15) is 17.5 Å². The van der Waals surface area contributed by atoms with Gasteiger partial charge in [0.2, 0.25) is 6.79 Å². The molecule has 0 bridgehead atoms. The lowest BCUT2D eigenvalue weighted by Gasteiger charge is -2.26. The van der Waals surface area contributed by atoms with Crippen molar-refractivity contribution in [3.63, 3.8) is 0 Å². The van der Waals surface area contributed by atoms with Crippen LogP contribution < -0.4 is 14.4 Å². The summed E-state index contributed by atoms with van der Waals surface area (Å²) in [5.74, 6) is 1.25. The number of aliphatic hydroxyl groups is 2. The van der Waals surface area contributed by atoms with Crippen LogP contribution in [0.2, 0.25) is 0 Å². The maximum atomic E-state index is 10.5. The van der Waals surface area contributed by atoms with E-state index in [1.54, 1.807) is 6.08 Å². The van der Waals surface area contributed by atoms with Crippen LogP contribution in [-0.4, -0.2) is 40.2 Å². The standard InChI is InChI=1S/C18H20N2O5/c1-2-7-20(12-3-6-17-18(8-12)25-11-24-17)9-16(23)13-4-5-15(22)14(10-21)19-13/h2-6,8,16,21-23H,1,7,9-11H2. The number of aromatic nitrogens is 1. The van der Waals surface area contributed by atoms with Crippen molar-refractivity contribution in [1.82, 2.24) is 4.98 Å². The summed E-state index contributed by atoms with van der Waals surface area (Å²) in [6.07, 6.45) is 0.831. The van der Waals surface area contributed by atoms with Gasteiger partial charge in [-0.05, 0) is 24.3 Å². The summed E-state index contributed by atoms with van der Waals surface area (Å²) < 4.78 is 10.7. The van der Waals surface area contributed by atoms with E-state index in [4.69, 9.17) is 9.47 Å². The molecule has 25 heavy (non-hydrogen) atoms. The number of aromatic hydroxyl groups is 1. The monoisotopic (exact) mass is 344 g/mol. The Labute approximate surface area is 145 Å². The Morgan fingerprint density at radius 1 is 1.24 bits per heavy atom. The van der Waals surface area contributed by atoms with Gasteiger partial charge in [-0.3, -0.25) is 0 Å². The minimum atomic E-state index is -0.906. The summed E-state index contributed by atoms with van der Waals surface area (Å²) in [6.45, 7) is 4.33. The lowest BCUT2D eigenvalue weighted by atomic mass is 10.1. The molecule has 3 N–H and O–H groups in total. The quantitative estimate of drug-likeness (QED) is 0.658. The van der Waals surface area contributed by atoms with E-state index < -0.39 is 12.7 Å². The molecule has 0 saturated carbocycles. The number of anilines is 1. The molecule has 132 valence electrons. The molecule has 0 saturated heterocycles. The molecule has 3 rings (SSSR count). The van der Waals surface area contributed by atoms with Gasteiger partial charge in [0.25, 0.3) is 0 Å². The summed E-state index contributed by atoms with van der Waals surface area (Å²) in [6, 6.07) is 8.50. The summed E-state index contributed by atoms with van der Waals surface area (Å²) >= 11 is 0. The fourth-order valence-corrected chi connectivity index (χ4v) is 2.64. The second-order valence-electron chi connectivity index (χ2n) is 5.61. The summed E-state index contributed by atoms with van der Waals surface area (Å²) in [7, 11) is 0. The molecule has 7 nitrogen and oxygen atoms in total. The van der Waals surface area contributed by atoms with Gasteiger partial charge < -0.3 is 29.7 Å². The maximum absolute atomic E-state index is 10.5. The van der Waals surface area contributed by atoms with Crippen LogP contribution in [-0.2, 0) is 6.61 Å². The summed E-state index contributed by atoms with van der Waals surface area (Å²) in [5, 5.41) is 29.3. The van der Waals surface area contributed by atoms with Gasteiger partial charge in [0, 0.05) is 24.8 Å². The second kappa shape index (κ2) is 7.42. The number of aliphatic hydroxyl groups excluding tert-OH is 2. The molecule has 1 aromatic heterocycles. The van der Waals surface area contributed by atoms with Gasteiger partial charge in [-0.1, -0.05) is 6.08 Å². The highest BCUT2D eigenvalue weighted by Crippen LogP contribution is 2.36. The summed E-state index contributed by atoms with van der Waals surface area (Å²) in [4.78, 5) is 6.03. The van der Waals surface area contributed by atoms with Crippen LogP contribution in [0.5, 0.6) is 17.2 Å². The highest BCUT2D eigenvalue weighted by molar-refractivity contribution is 5.57. The van der Waals surface area contributed by atoms with E-state index in [1.165, 1.54) is 12.1 Å². The first-order valence-electron chi connectivity index (χ1n) is 7.85. The molecule has 2 heterocycles. The number of benzene rings is 1. The van der Waals surface area contributed by atoms with Crippen molar-refractivity contribution < 1.29 is 24.8 Å². The normalized spacial score (nSPS) is 13.5. The predicted octanol–water partition coefficient (Wildman–Crippen LogP) is 1.73. The van der Waals surface area contributed by atoms with E-state index in [1.807, 2.05) is 23.1 Å². The molecule has 1 atom stereocenters. The molecule has 1 aliphatic heterocycles. The van der Waals surface area contributed by atoms with Crippen molar-refractivity contribution in [3.05, 3.63) is 54.4 Å². The van der Waals surface area contributed by atoms with Crippen molar-refractivity contribution in [3.8, 4) is 17.2 Å². The largest absolute Gasteiger partial charge is 0.506 e. The van der Waals surface area contributed by atoms with Crippen LogP contribution in [0, 0.1) is 0 Å². The zero-order chi connectivity index (χ0) is 17.8. The average molecular weight is 344 g/mol. The molecule has 7 heteroatoms. The molecule has 0 radical (unpaired) electrons. The Bertz CT molecular complexity index is 765. The third kappa shape index (κ3) is 3.67. The summed E-state index contributed by atoms with van der Waals surface area (Å²) in [5.41, 5.74) is 1.36. The maximum Gasteiger partial charge on any atom is 0.231 e. The number of pyridine rings is 1. The first-order chi connectivity index (χ1) is 12.1. The number of hydrogen-bond donors (Lipinski definition) is 3. The zero-order valence-electron chi connectivity index (χ0n) is 13.6. The fourth-order valence-electron chi connectivity index (χ4n) is 2.64. The lowest BCUT2D eigenvalue weighted by molar-refractivity contribution is 0.173. The number of fused-ring (bicyclic) bond motifs is 1. The first kappa shape index (κ1) is 17.1. The Kier molecular flexibility index (Phi) is 5.06. The minimum absolute atomic E-state index is 0.0998. The predicted molar refractivity (Wildman–Crippen MR) is 91.8 cm³/mol. The number of rotatable bonds is 7. The highest BCUT2D eigenvalue weighted by atomic mass is 16.7. The van der Waals surface area contributed by atoms with Gasteiger partial charge in [0.15, 0.2) is 11.5 Å². The van der Waals surface area contributed by atoms with Crippen LogP contribution in [0.3, 0.4) is 0 Å². The van der Waals surface area contributed by atoms with E-state index in [2.05, 4.69) is 11.6 Å². The smallest absolute Gasteiger partial charge is 0.231 e. The first-order valence-corrected chi connectivity index (χ1v) is 7.85. The van der Waals surface area contributed by atoms with Crippen molar-refractivity contribution in [1.29, 1.82) is 0 Å². The zero-order valence-corrected chi connectivity index (χ0v) is 13.6. The van der Waals surface area contributed by atoms with Crippen molar-refractivity contribution in [2.45, 2.75) is 12.7 Å². The Morgan fingerprint density at radius 2 is 2.04 bits per heavy atom. The Hall–Kier alpha value is -2.77. The second-order valence-corrected chi connectivity index (χ2v) is 5.61. The molecule has 0 amide bonds. The number of hydrogen-bond acceptors (Lipinski definition) is 7. The van der Waals surface area contributed by atoms with E-state index in [0.717, 1.165) is 5.69 Å². The molecular weight excluding hydrogens is 324 g/mol. The van der Waals surface area contributed by atoms with Crippen molar-refractivity contribution in [2.24, 2.45) is 0 Å². The highest BCUT2D eigenvalue weighted by Gasteiger charge is 2.19. The molecule has 1 unspecified atom stereocenters. The van der Waals surface area contributed by atoms with Gasteiger partial charge in [-0.15, -0.1) is 6.58 Å². The van der Waals surface area contributed by atoms with Crippen LogP contribution in [0.1, 0.15) is 17.5 Å². The number of ether oxygens (including phenoxy) is 2. The van der Waals surface area contributed by atoms with E-state index in [0.29, 0.717) is 23.7 Å². The van der Waals surface area contributed by atoms with Gasteiger partial charge in [-0.25, -0.2) is 4.98 Å². The van der Waals surface area contributed by atoms with Gasteiger partial charge in [0.05, 0.1) is 12.3 Å². The minimum Gasteiger partial charge on any atom is -0.506 e. The Balaban J connectivity index is 1.80. The average Bonchev–Trinajstić information content (AvgIpc) is 3.09. The van der Waals surface area contributed by atoms with Crippen LogP contribution in [0.4, 0.5) is 5.69 Å². The van der Waals surface area contributed by atoms with Crippen LogP contribution in [0.25, 0.3) is 0 Å². The van der Waals surface area contributed by atoms with Gasteiger partial charge >= 0.3 is 0 Å². The lowest BCUT2D eigenvalue weighted by Crippen LogP contribution is -2.29. The van der Waals surface area contributed by atoms with Gasteiger partial charge in [-0.2, -0.15) is 0 Å². The molecular formula is C18H20N2O5. The van der Waals surface area contributed by atoms with Crippen LogP contribution in [0.15, 0.2) is 43.0 Å². The molecule has 0 fully saturated rings. The fraction of sp³-hybridized carbons (Fsp3) is 0.278. The molecule has 0 aliphatic carbocycles. The number of nitrogens with zero attached hydrogens (tertiary/aromatic N) is 2. The SMILES string of the molecule is C=CCN(CC(O)c1ccc(O)c(CO)n1)c1ccc2c(c1)OCO2. The molecule has 1 aliphatic rings. The molecule has 1 aromatic carbocycles. The Morgan fingerprint density at radius 3 is 2.80 bits per heavy atom. The van der Waals surface area contributed by atoms with Crippen LogP contribution >= 0.6 is 0 Å². The van der Waals surface area contributed by atoms with E-state index >= 15 is 0 Å². The third-order valence-corrected chi connectivity index (χ3v) is 3.93. The van der Waals surface area contributed by atoms with Crippen molar-refractivity contribution in [2.75, 3.05) is 24.8 Å². The topological polar surface area (TPSA) is 95.3 Å². The molecule has 2 aromatic rings. The molecule has 0 spiro atoms. The van der Waals surface area contributed by atoms with E-state index in [9.17, 15) is 15.3 Å². The van der Waals surface area contributed by atoms with Crippen molar-refractivity contribution >= 4 is 5.69 Å².